The molecular weight excluding hydrogens is 376 g/mol. The molecule has 1 aliphatic heterocycles. The van der Waals surface area contributed by atoms with Crippen LogP contribution < -0.4 is 5.32 Å². The van der Waals surface area contributed by atoms with Crippen molar-refractivity contribution in [3.63, 3.8) is 0 Å². The van der Waals surface area contributed by atoms with E-state index in [-0.39, 0.29) is 17.4 Å². The lowest BCUT2D eigenvalue weighted by atomic mass is 9.76. The molecule has 2 aliphatic rings. The van der Waals surface area contributed by atoms with Gasteiger partial charge in [0.15, 0.2) is 0 Å². The quantitative estimate of drug-likeness (QED) is 0.663. The lowest BCUT2D eigenvalue weighted by molar-refractivity contribution is -0.0208. The number of ether oxygens (including phenoxy) is 1. The second-order valence-electron chi connectivity index (χ2n) is 9.85. The van der Waals surface area contributed by atoms with E-state index in [4.69, 9.17) is 4.74 Å². The Morgan fingerprint density at radius 1 is 1.27 bits per heavy atom. The van der Waals surface area contributed by atoms with Crippen molar-refractivity contribution in [1.82, 2.24) is 10.3 Å². The molecule has 0 radical (unpaired) electrons. The third-order valence-corrected chi connectivity index (χ3v) is 6.73. The predicted octanol–water partition coefficient (Wildman–Crippen LogP) is 4.05. The van der Waals surface area contributed by atoms with Crippen LogP contribution in [0.4, 0.5) is 0 Å². The first-order valence-electron chi connectivity index (χ1n) is 11.0. The molecule has 2 aromatic rings. The maximum atomic E-state index is 10.8. The van der Waals surface area contributed by atoms with Crippen LogP contribution in [-0.4, -0.2) is 35.4 Å². The molecule has 4 rings (SSSR count). The van der Waals surface area contributed by atoms with Gasteiger partial charge in [0.1, 0.15) is 5.75 Å². The highest BCUT2D eigenvalue weighted by molar-refractivity contribution is 5.47. The standard InChI is InChI=1S/C25H34N2O3/c1-15-14-30-24(18-6-5-9-27-23(15)18)16-10-19-17(22(29)13-26-4)7-8-21(28)20(19)12-25(2,3)11-16/h5-9,15-16,22,24,26,28-29H,10-14H2,1-4H3/t15-,16+,22+,24+/m1/s1. The van der Waals surface area contributed by atoms with Crippen molar-refractivity contribution in [2.45, 2.75) is 58.2 Å². The highest BCUT2D eigenvalue weighted by Crippen LogP contribution is 2.48. The van der Waals surface area contributed by atoms with E-state index in [2.05, 4.69) is 37.1 Å². The van der Waals surface area contributed by atoms with Gasteiger partial charge in [-0.05, 0) is 66.5 Å². The minimum absolute atomic E-state index is 0.00870. The maximum Gasteiger partial charge on any atom is 0.119 e. The van der Waals surface area contributed by atoms with E-state index in [0.29, 0.717) is 24.8 Å². The Hall–Kier alpha value is -1.95. The number of aliphatic hydroxyl groups is 1. The summed E-state index contributed by atoms with van der Waals surface area (Å²) in [4.78, 5) is 4.67. The number of phenols is 1. The molecule has 0 saturated heterocycles. The molecule has 5 heteroatoms. The Balaban J connectivity index is 1.79. The minimum Gasteiger partial charge on any atom is -0.508 e. The molecule has 1 aromatic carbocycles. The predicted molar refractivity (Wildman–Crippen MR) is 118 cm³/mol. The van der Waals surface area contributed by atoms with E-state index in [1.165, 1.54) is 5.56 Å². The number of aliphatic hydroxyl groups excluding tert-OH is 1. The van der Waals surface area contributed by atoms with Crippen molar-refractivity contribution < 1.29 is 14.9 Å². The molecule has 0 saturated carbocycles. The molecule has 162 valence electrons. The first-order valence-corrected chi connectivity index (χ1v) is 11.0. The number of hydrogen-bond acceptors (Lipinski definition) is 5. The summed E-state index contributed by atoms with van der Waals surface area (Å²) in [6, 6.07) is 7.77. The average molecular weight is 411 g/mol. The largest absolute Gasteiger partial charge is 0.508 e. The van der Waals surface area contributed by atoms with Gasteiger partial charge in [-0.15, -0.1) is 0 Å². The summed E-state index contributed by atoms with van der Waals surface area (Å²) in [6.07, 6.45) is 3.79. The first-order chi connectivity index (χ1) is 14.3. The average Bonchev–Trinajstić information content (AvgIpc) is 2.85. The summed E-state index contributed by atoms with van der Waals surface area (Å²) < 4.78 is 6.42. The van der Waals surface area contributed by atoms with Crippen LogP contribution in [0.3, 0.4) is 0 Å². The summed E-state index contributed by atoms with van der Waals surface area (Å²) in [6.45, 7) is 7.85. The van der Waals surface area contributed by atoms with Crippen LogP contribution in [-0.2, 0) is 17.6 Å². The third-order valence-electron chi connectivity index (χ3n) is 6.73. The van der Waals surface area contributed by atoms with Crippen LogP contribution >= 0.6 is 0 Å². The van der Waals surface area contributed by atoms with Crippen LogP contribution in [0, 0.1) is 11.3 Å². The smallest absolute Gasteiger partial charge is 0.119 e. The topological polar surface area (TPSA) is 74.6 Å². The zero-order chi connectivity index (χ0) is 21.5. The summed E-state index contributed by atoms with van der Waals surface area (Å²) >= 11 is 0. The molecule has 1 aliphatic carbocycles. The molecule has 0 unspecified atom stereocenters. The highest BCUT2D eigenvalue weighted by atomic mass is 16.5. The second kappa shape index (κ2) is 8.29. The van der Waals surface area contributed by atoms with Crippen molar-refractivity contribution in [3.8, 4) is 5.75 Å². The minimum atomic E-state index is -0.604. The zero-order valence-electron chi connectivity index (χ0n) is 18.5. The lowest BCUT2D eigenvalue weighted by Gasteiger charge is -2.37. The Bertz CT molecular complexity index is 911. The lowest BCUT2D eigenvalue weighted by Crippen LogP contribution is -2.30. The van der Waals surface area contributed by atoms with Crippen LogP contribution in [0.15, 0.2) is 30.5 Å². The first kappa shape index (κ1) is 21.3. The van der Waals surface area contributed by atoms with Gasteiger partial charge in [-0.2, -0.15) is 0 Å². The Labute approximate surface area is 179 Å². The number of nitrogens with zero attached hydrogens (tertiary/aromatic N) is 1. The summed E-state index contributed by atoms with van der Waals surface area (Å²) in [5, 5.41) is 24.6. The van der Waals surface area contributed by atoms with Crippen LogP contribution in [0.2, 0.25) is 0 Å². The number of nitrogens with one attached hydrogen (secondary N) is 1. The van der Waals surface area contributed by atoms with E-state index >= 15 is 0 Å². The number of rotatable bonds is 4. The van der Waals surface area contributed by atoms with Gasteiger partial charge in [0.05, 0.1) is 24.5 Å². The van der Waals surface area contributed by atoms with Gasteiger partial charge in [-0.1, -0.05) is 32.9 Å². The fourth-order valence-corrected chi connectivity index (χ4v) is 5.45. The summed E-state index contributed by atoms with van der Waals surface area (Å²) in [5.41, 5.74) is 5.32. The monoisotopic (exact) mass is 410 g/mol. The number of aromatic nitrogens is 1. The van der Waals surface area contributed by atoms with Crippen molar-refractivity contribution in [1.29, 1.82) is 0 Å². The molecule has 5 nitrogen and oxygen atoms in total. The van der Waals surface area contributed by atoms with E-state index in [1.807, 2.05) is 25.4 Å². The van der Waals surface area contributed by atoms with E-state index in [1.54, 1.807) is 6.07 Å². The Kier molecular flexibility index (Phi) is 5.88. The fraction of sp³-hybridized carbons (Fsp3) is 0.560. The van der Waals surface area contributed by atoms with Gasteiger partial charge in [-0.3, -0.25) is 4.98 Å². The molecule has 4 atom stereocenters. The molecule has 0 bridgehead atoms. The number of hydrogen-bond donors (Lipinski definition) is 3. The van der Waals surface area contributed by atoms with Crippen LogP contribution in [0.1, 0.15) is 73.3 Å². The Morgan fingerprint density at radius 3 is 2.83 bits per heavy atom. The molecule has 30 heavy (non-hydrogen) atoms. The van der Waals surface area contributed by atoms with Gasteiger partial charge < -0.3 is 20.3 Å². The number of fused-ring (bicyclic) bond motifs is 2. The molecule has 0 spiro atoms. The van der Waals surface area contributed by atoms with Crippen LogP contribution in [0.25, 0.3) is 0 Å². The van der Waals surface area contributed by atoms with Crippen molar-refractivity contribution >= 4 is 0 Å². The molecule has 0 fully saturated rings. The second-order valence-corrected chi connectivity index (χ2v) is 9.85. The third kappa shape index (κ3) is 3.98. The van der Waals surface area contributed by atoms with Gasteiger partial charge in [0.2, 0.25) is 0 Å². The molecule has 2 heterocycles. The van der Waals surface area contributed by atoms with E-state index in [0.717, 1.165) is 41.6 Å². The number of aromatic hydroxyl groups is 1. The normalized spacial score (nSPS) is 26.4. The molecular formula is C25H34N2O3. The highest BCUT2D eigenvalue weighted by Gasteiger charge is 2.39. The van der Waals surface area contributed by atoms with E-state index < -0.39 is 6.10 Å². The Morgan fingerprint density at radius 2 is 2.07 bits per heavy atom. The van der Waals surface area contributed by atoms with Crippen LogP contribution in [0.5, 0.6) is 5.75 Å². The number of pyridine rings is 1. The van der Waals surface area contributed by atoms with Crippen molar-refractivity contribution in [3.05, 3.63) is 58.4 Å². The number of phenolic OH excluding ortho intramolecular Hbond substituents is 1. The maximum absolute atomic E-state index is 10.8. The van der Waals surface area contributed by atoms with Gasteiger partial charge in [-0.25, -0.2) is 0 Å². The van der Waals surface area contributed by atoms with Crippen molar-refractivity contribution in [2.24, 2.45) is 11.3 Å². The number of likely N-dealkylation sites (N-methyl/N-ethyl adjacent to an activating group) is 1. The fourth-order valence-electron chi connectivity index (χ4n) is 5.45. The van der Waals surface area contributed by atoms with Crippen molar-refractivity contribution in [2.75, 3.05) is 20.2 Å². The molecule has 3 N–H and O–H groups in total. The zero-order valence-corrected chi connectivity index (χ0v) is 18.5. The summed E-state index contributed by atoms with van der Waals surface area (Å²) in [7, 11) is 1.84. The summed E-state index contributed by atoms with van der Waals surface area (Å²) in [5.74, 6) is 0.874. The van der Waals surface area contributed by atoms with Gasteiger partial charge >= 0.3 is 0 Å². The SMILES string of the molecule is CNC[C@H](O)c1ccc(O)c2c1C[C@H]([C@@H]1OC[C@@H](C)c3ncccc31)CC(C)(C)C2. The van der Waals surface area contributed by atoms with E-state index in [9.17, 15) is 10.2 Å². The van der Waals surface area contributed by atoms with Gasteiger partial charge in [0, 0.05) is 24.2 Å². The van der Waals surface area contributed by atoms with Gasteiger partial charge in [0.25, 0.3) is 0 Å². The molecule has 1 aromatic heterocycles. The number of benzene rings is 1. The molecule has 0 amide bonds.